The Morgan fingerprint density at radius 2 is 1.83 bits per heavy atom. The smallest absolute Gasteiger partial charge is 0.324 e. The Bertz CT molecular complexity index is 685. The molecule has 2 aliphatic rings. The highest BCUT2D eigenvalue weighted by molar-refractivity contribution is 5.56. The molecule has 3 heterocycles. The molecule has 0 N–H and O–H groups in total. The molecule has 2 aliphatic heterocycles. The fourth-order valence-electron chi connectivity index (χ4n) is 4.07. The van der Waals surface area contributed by atoms with Crippen molar-refractivity contribution in [3.63, 3.8) is 0 Å². The molecule has 2 saturated heterocycles. The van der Waals surface area contributed by atoms with Crippen LogP contribution in [-0.2, 0) is 0 Å². The van der Waals surface area contributed by atoms with Crippen LogP contribution in [0.2, 0.25) is 0 Å². The van der Waals surface area contributed by atoms with E-state index in [2.05, 4.69) is 34.0 Å². The molecule has 2 unspecified atom stereocenters. The van der Waals surface area contributed by atoms with Crippen LogP contribution in [0.5, 0.6) is 5.75 Å². The van der Waals surface area contributed by atoms with Gasteiger partial charge in [0.25, 0.3) is 0 Å². The number of methoxy groups -OCH3 is 1. The Labute approximate surface area is 142 Å². The van der Waals surface area contributed by atoms with Crippen molar-refractivity contribution in [1.29, 1.82) is 0 Å². The first-order chi connectivity index (χ1) is 11.7. The molecule has 1 aromatic heterocycles. The first-order valence-corrected chi connectivity index (χ1v) is 8.58. The molecule has 0 amide bonds. The van der Waals surface area contributed by atoms with E-state index in [-0.39, 0.29) is 0 Å². The third-order valence-electron chi connectivity index (χ3n) is 5.69. The van der Waals surface area contributed by atoms with E-state index in [4.69, 9.17) is 9.26 Å². The molecule has 0 saturated carbocycles. The van der Waals surface area contributed by atoms with Crippen molar-refractivity contribution in [2.45, 2.75) is 43.8 Å². The summed E-state index contributed by atoms with van der Waals surface area (Å²) in [4.78, 5) is 9.30. The lowest BCUT2D eigenvalue weighted by Gasteiger charge is -2.39. The summed E-state index contributed by atoms with van der Waals surface area (Å²) in [5, 5.41) is 4.15. The Hall–Kier alpha value is -2.08. The molecule has 0 radical (unpaired) electrons. The highest BCUT2D eigenvalue weighted by Gasteiger charge is 2.40. The number of piperidine rings is 1. The van der Waals surface area contributed by atoms with Gasteiger partial charge in [-0.1, -0.05) is 5.16 Å². The zero-order valence-corrected chi connectivity index (χ0v) is 14.5. The summed E-state index contributed by atoms with van der Waals surface area (Å²) < 4.78 is 10.7. The number of anilines is 1. The van der Waals surface area contributed by atoms with E-state index in [0.717, 1.165) is 11.3 Å². The third kappa shape index (κ3) is 2.65. The minimum atomic E-state index is 0.475. The predicted molar refractivity (Wildman–Crippen MR) is 92.3 cm³/mol. The summed E-state index contributed by atoms with van der Waals surface area (Å²) in [6.45, 7) is 0. The Morgan fingerprint density at radius 3 is 2.46 bits per heavy atom. The summed E-state index contributed by atoms with van der Waals surface area (Å²) in [6.07, 6.45) is 4.96. The van der Waals surface area contributed by atoms with Gasteiger partial charge in [-0.25, -0.2) is 0 Å². The van der Waals surface area contributed by atoms with Crippen molar-refractivity contribution in [3.8, 4) is 17.1 Å². The minimum absolute atomic E-state index is 0.475. The standard InChI is InChI=1S/C18H24N4O2/c1-21-13-6-7-14(21)11-15(10-13)22(2)18-19-17(20-24-18)12-4-8-16(23-3)9-5-12/h4-5,8-9,13-15H,6-7,10-11H2,1-3H3. The molecule has 2 fully saturated rings. The van der Waals surface area contributed by atoms with E-state index in [1.54, 1.807) is 7.11 Å². The average molecular weight is 328 g/mol. The van der Waals surface area contributed by atoms with E-state index < -0.39 is 0 Å². The molecular formula is C18H24N4O2. The molecule has 24 heavy (non-hydrogen) atoms. The van der Waals surface area contributed by atoms with Crippen LogP contribution in [-0.4, -0.2) is 54.4 Å². The number of aromatic nitrogens is 2. The first kappa shape index (κ1) is 15.4. The van der Waals surface area contributed by atoms with Gasteiger partial charge in [0.2, 0.25) is 5.82 Å². The van der Waals surface area contributed by atoms with Crippen LogP contribution in [0.25, 0.3) is 11.4 Å². The van der Waals surface area contributed by atoms with Crippen molar-refractivity contribution in [1.82, 2.24) is 15.0 Å². The van der Waals surface area contributed by atoms with Crippen LogP contribution in [0.1, 0.15) is 25.7 Å². The van der Waals surface area contributed by atoms with E-state index in [0.29, 0.717) is 30.0 Å². The van der Waals surface area contributed by atoms with Crippen LogP contribution in [0.15, 0.2) is 28.8 Å². The quantitative estimate of drug-likeness (QED) is 0.860. The normalized spacial score (nSPS) is 26.5. The topological polar surface area (TPSA) is 54.6 Å². The van der Waals surface area contributed by atoms with E-state index in [9.17, 15) is 0 Å². The lowest BCUT2D eigenvalue weighted by molar-refractivity contribution is 0.158. The monoisotopic (exact) mass is 328 g/mol. The number of benzene rings is 1. The second-order valence-electron chi connectivity index (χ2n) is 6.92. The van der Waals surface area contributed by atoms with Crippen LogP contribution in [0, 0.1) is 0 Å². The van der Waals surface area contributed by atoms with Crippen molar-refractivity contribution in [2.24, 2.45) is 0 Å². The number of rotatable bonds is 4. The summed E-state index contributed by atoms with van der Waals surface area (Å²) in [5.41, 5.74) is 0.933. The Morgan fingerprint density at radius 1 is 1.17 bits per heavy atom. The summed E-state index contributed by atoms with van der Waals surface area (Å²) in [6, 6.07) is 10.2. The van der Waals surface area contributed by atoms with Gasteiger partial charge in [0.1, 0.15) is 5.75 Å². The largest absolute Gasteiger partial charge is 0.497 e. The fraction of sp³-hybridized carbons (Fsp3) is 0.556. The van der Waals surface area contributed by atoms with E-state index in [1.165, 1.54) is 25.7 Å². The SMILES string of the molecule is COc1ccc(-c2noc(N(C)C3CC4CCC(C3)N4C)n2)cc1. The van der Waals surface area contributed by atoms with E-state index >= 15 is 0 Å². The maximum atomic E-state index is 5.53. The highest BCUT2D eigenvalue weighted by Crippen LogP contribution is 2.37. The van der Waals surface area contributed by atoms with Gasteiger partial charge in [-0.2, -0.15) is 4.98 Å². The number of hydrogen-bond acceptors (Lipinski definition) is 6. The lowest BCUT2D eigenvalue weighted by Crippen LogP contribution is -2.48. The van der Waals surface area contributed by atoms with Gasteiger partial charge in [0, 0.05) is 30.7 Å². The van der Waals surface area contributed by atoms with Gasteiger partial charge in [0.05, 0.1) is 7.11 Å². The molecule has 1 aromatic carbocycles. The maximum absolute atomic E-state index is 5.53. The van der Waals surface area contributed by atoms with Crippen molar-refractivity contribution >= 4 is 6.01 Å². The molecular weight excluding hydrogens is 304 g/mol. The molecule has 6 heteroatoms. The Kier molecular flexibility index (Phi) is 3.92. The van der Waals surface area contributed by atoms with E-state index in [1.807, 2.05) is 24.3 Å². The Balaban J connectivity index is 1.49. The minimum Gasteiger partial charge on any atom is -0.497 e. The number of fused-ring (bicyclic) bond motifs is 2. The second kappa shape index (κ2) is 6.09. The van der Waals surface area contributed by atoms with Crippen LogP contribution >= 0.6 is 0 Å². The van der Waals surface area contributed by atoms with Crippen molar-refractivity contribution < 1.29 is 9.26 Å². The molecule has 2 atom stereocenters. The van der Waals surface area contributed by atoms with Crippen molar-refractivity contribution in [3.05, 3.63) is 24.3 Å². The van der Waals surface area contributed by atoms with Gasteiger partial charge >= 0.3 is 6.01 Å². The second-order valence-corrected chi connectivity index (χ2v) is 6.92. The molecule has 128 valence electrons. The molecule has 0 aliphatic carbocycles. The summed E-state index contributed by atoms with van der Waals surface area (Å²) in [5.74, 6) is 1.44. The number of hydrogen-bond donors (Lipinski definition) is 0. The van der Waals surface area contributed by atoms with Crippen LogP contribution in [0.3, 0.4) is 0 Å². The first-order valence-electron chi connectivity index (χ1n) is 8.58. The van der Waals surface area contributed by atoms with Crippen LogP contribution < -0.4 is 9.64 Å². The number of nitrogens with zero attached hydrogens (tertiary/aromatic N) is 4. The lowest BCUT2D eigenvalue weighted by atomic mass is 9.97. The van der Waals surface area contributed by atoms with Gasteiger partial charge in [-0.05, 0) is 57.0 Å². The van der Waals surface area contributed by atoms with Gasteiger partial charge in [-0.3, -0.25) is 0 Å². The third-order valence-corrected chi connectivity index (χ3v) is 5.69. The molecule has 6 nitrogen and oxygen atoms in total. The average Bonchev–Trinajstić information content (AvgIpc) is 3.16. The predicted octanol–water partition coefficient (Wildman–Crippen LogP) is 2.81. The maximum Gasteiger partial charge on any atom is 0.324 e. The zero-order chi connectivity index (χ0) is 16.7. The zero-order valence-electron chi connectivity index (χ0n) is 14.5. The number of ether oxygens (including phenoxy) is 1. The molecule has 2 bridgehead atoms. The van der Waals surface area contributed by atoms with Gasteiger partial charge in [-0.15, -0.1) is 0 Å². The fourth-order valence-corrected chi connectivity index (χ4v) is 4.07. The van der Waals surface area contributed by atoms with Gasteiger partial charge < -0.3 is 19.1 Å². The molecule has 0 spiro atoms. The molecule has 4 rings (SSSR count). The van der Waals surface area contributed by atoms with Gasteiger partial charge in [0.15, 0.2) is 0 Å². The summed E-state index contributed by atoms with van der Waals surface area (Å²) >= 11 is 0. The summed E-state index contributed by atoms with van der Waals surface area (Å²) in [7, 11) is 5.99. The molecule has 2 aromatic rings. The van der Waals surface area contributed by atoms with Crippen molar-refractivity contribution in [2.75, 3.05) is 26.1 Å². The highest BCUT2D eigenvalue weighted by atomic mass is 16.5. The van der Waals surface area contributed by atoms with Crippen LogP contribution in [0.4, 0.5) is 6.01 Å².